The normalized spacial score (nSPS) is 11.5. The van der Waals surface area contributed by atoms with Crippen LogP contribution in [0.3, 0.4) is 0 Å². The second-order valence-electron chi connectivity index (χ2n) is 5.35. The summed E-state index contributed by atoms with van der Waals surface area (Å²) in [6.45, 7) is 0. The van der Waals surface area contributed by atoms with Crippen LogP contribution in [-0.4, -0.2) is 9.55 Å². The molecule has 2 aromatic heterocycles. The first-order chi connectivity index (χ1) is 11.8. The zero-order chi connectivity index (χ0) is 18.0. The van der Waals surface area contributed by atoms with Crippen molar-refractivity contribution in [2.75, 3.05) is 0 Å². The number of pyridine rings is 2. The summed E-state index contributed by atoms with van der Waals surface area (Å²) in [7, 11) is 1.66. The van der Waals surface area contributed by atoms with Gasteiger partial charge in [0, 0.05) is 41.5 Å². The number of halogens is 3. The predicted molar refractivity (Wildman–Crippen MR) is 90.5 cm³/mol. The summed E-state index contributed by atoms with van der Waals surface area (Å²) >= 11 is 1.27. The van der Waals surface area contributed by atoms with Crippen molar-refractivity contribution in [3.8, 4) is 11.1 Å². The minimum Gasteiger partial charge on any atom is -0.318 e. The van der Waals surface area contributed by atoms with E-state index in [0.29, 0.717) is 9.92 Å². The van der Waals surface area contributed by atoms with Gasteiger partial charge in [0.1, 0.15) is 5.03 Å². The fraction of sp³-hybridized carbons (Fsp3) is 0.111. The fourth-order valence-electron chi connectivity index (χ4n) is 2.27. The Balaban J connectivity index is 1.93. The first-order valence-electron chi connectivity index (χ1n) is 7.32. The van der Waals surface area contributed by atoms with Crippen LogP contribution in [0.1, 0.15) is 5.56 Å². The molecule has 2 heterocycles. The Kier molecular flexibility index (Phi) is 4.67. The van der Waals surface area contributed by atoms with Gasteiger partial charge in [0.25, 0.3) is 0 Å². The molecule has 25 heavy (non-hydrogen) atoms. The van der Waals surface area contributed by atoms with Crippen molar-refractivity contribution in [1.82, 2.24) is 9.55 Å². The first-order valence-corrected chi connectivity index (χ1v) is 8.13. The highest BCUT2D eigenvalue weighted by molar-refractivity contribution is 7.99. The van der Waals surface area contributed by atoms with Gasteiger partial charge in [-0.25, -0.2) is 4.98 Å². The van der Waals surface area contributed by atoms with Gasteiger partial charge < -0.3 is 4.57 Å². The molecule has 128 valence electrons. The molecule has 0 atom stereocenters. The third kappa shape index (κ3) is 3.93. The molecule has 0 spiro atoms. The summed E-state index contributed by atoms with van der Waals surface area (Å²) in [6, 6.07) is 11.8. The van der Waals surface area contributed by atoms with E-state index in [9.17, 15) is 18.0 Å². The highest BCUT2D eigenvalue weighted by Crippen LogP contribution is 2.36. The molecule has 0 unspecified atom stereocenters. The predicted octanol–water partition coefficient (Wildman–Crippen LogP) is 4.62. The minimum atomic E-state index is -4.35. The van der Waals surface area contributed by atoms with E-state index in [2.05, 4.69) is 4.98 Å². The quantitative estimate of drug-likeness (QED) is 0.682. The second kappa shape index (κ2) is 6.76. The van der Waals surface area contributed by atoms with Crippen LogP contribution in [0.25, 0.3) is 11.1 Å². The van der Waals surface area contributed by atoms with Crippen LogP contribution in [0.4, 0.5) is 13.2 Å². The molecule has 0 fully saturated rings. The number of hydrogen-bond acceptors (Lipinski definition) is 3. The molecule has 3 rings (SSSR count). The monoisotopic (exact) mass is 362 g/mol. The van der Waals surface area contributed by atoms with Crippen molar-refractivity contribution in [3.63, 3.8) is 0 Å². The van der Waals surface area contributed by atoms with Crippen LogP contribution in [0.5, 0.6) is 0 Å². The molecule has 0 amide bonds. The number of aryl methyl sites for hydroxylation is 1. The summed E-state index contributed by atoms with van der Waals surface area (Å²) < 4.78 is 39.4. The van der Waals surface area contributed by atoms with Crippen molar-refractivity contribution in [3.05, 3.63) is 76.8 Å². The molecule has 0 aliphatic heterocycles. The van der Waals surface area contributed by atoms with E-state index < -0.39 is 11.7 Å². The minimum absolute atomic E-state index is 0.121. The first kappa shape index (κ1) is 17.3. The Morgan fingerprint density at radius 1 is 1.04 bits per heavy atom. The molecule has 0 saturated carbocycles. The standard InChI is InChI=1S/C18H13F3N2OS/c1-23-11-12(4-9-16(23)24)15-3-2-10-22-17(15)25-14-7-5-13(6-8-14)18(19,20)21/h2-11H,1H3. The van der Waals surface area contributed by atoms with Gasteiger partial charge in [0.05, 0.1) is 5.56 Å². The molecular formula is C18H13F3N2OS. The van der Waals surface area contributed by atoms with Crippen LogP contribution in [0.2, 0.25) is 0 Å². The Bertz CT molecular complexity index is 950. The zero-order valence-corrected chi connectivity index (χ0v) is 13.9. The molecule has 3 nitrogen and oxygen atoms in total. The van der Waals surface area contributed by atoms with Gasteiger partial charge in [0.2, 0.25) is 5.56 Å². The number of rotatable bonds is 3. The highest BCUT2D eigenvalue weighted by Gasteiger charge is 2.30. The summed E-state index contributed by atoms with van der Waals surface area (Å²) in [5.74, 6) is 0. The summed E-state index contributed by atoms with van der Waals surface area (Å²) in [5, 5.41) is 0.654. The number of hydrogen-bond donors (Lipinski definition) is 0. The van der Waals surface area contributed by atoms with Crippen LogP contribution in [-0.2, 0) is 13.2 Å². The molecule has 0 aliphatic carbocycles. The Hall–Kier alpha value is -2.54. The van der Waals surface area contributed by atoms with Crippen molar-refractivity contribution in [2.45, 2.75) is 16.1 Å². The number of nitrogens with zero attached hydrogens (tertiary/aromatic N) is 2. The van der Waals surface area contributed by atoms with E-state index in [1.54, 1.807) is 31.6 Å². The topological polar surface area (TPSA) is 34.9 Å². The Morgan fingerprint density at radius 3 is 2.40 bits per heavy atom. The molecule has 7 heteroatoms. The van der Waals surface area contributed by atoms with E-state index in [1.807, 2.05) is 6.07 Å². The van der Waals surface area contributed by atoms with E-state index in [1.165, 1.54) is 34.5 Å². The van der Waals surface area contributed by atoms with Gasteiger partial charge in [0.15, 0.2) is 0 Å². The van der Waals surface area contributed by atoms with Gasteiger partial charge in [-0.1, -0.05) is 17.8 Å². The van der Waals surface area contributed by atoms with Crippen molar-refractivity contribution in [2.24, 2.45) is 7.05 Å². The maximum atomic E-state index is 12.7. The largest absolute Gasteiger partial charge is 0.416 e. The van der Waals surface area contributed by atoms with Gasteiger partial charge in [-0.2, -0.15) is 13.2 Å². The smallest absolute Gasteiger partial charge is 0.318 e. The van der Waals surface area contributed by atoms with Crippen molar-refractivity contribution < 1.29 is 13.2 Å². The lowest BCUT2D eigenvalue weighted by molar-refractivity contribution is -0.137. The van der Waals surface area contributed by atoms with Crippen LogP contribution in [0.15, 0.2) is 75.6 Å². The summed E-state index contributed by atoms with van der Waals surface area (Å²) in [6.07, 6.45) is -1.03. The zero-order valence-electron chi connectivity index (χ0n) is 13.1. The fourth-order valence-corrected chi connectivity index (χ4v) is 3.17. The van der Waals surface area contributed by atoms with Crippen LogP contribution in [0, 0.1) is 0 Å². The van der Waals surface area contributed by atoms with Crippen LogP contribution >= 0.6 is 11.8 Å². The lowest BCUT2D eigenvalue weighted by atomic mass is 10.1. The van der Waals surface area contributed by atoms with E-state index in [4.69, 9.17) is 0 Å². The average Bonchev–Trinajstić information content (AvgIpc) is 2.58. The van der Waals surface area contributed by atoms with Gasteiger partial charge >= 0.3 is 6.18 Å². The highest BCUT2D eigenvalue weighted by atomic mass is 32.2. The molecule has 0 saturated heterocycles. The molecule has 1 aromatic carbocycles. The van der Waals surface area contributed by atoms with Crippen molar-refractivity contribution >= 4 is 11.8 Å². The molecule has 3 aromatic rings. The van der Waals surface area contributed by atoms with Gasteiger partial charge in [-0.05, 0) is 36.4 Å². The number of aromatic nitrogens is 2. The lowest BCUT2D eigenvalue weighted by Gasteiger charge is -2.10. The lowest BCUT2D eigenvalue weighted by Crippen LogP contribution is -2.14. The van der Waals surface area contributed by atoms with E-state index >= 15 is 0 Å². The third-order valence-corrected chi connectivity index (χ3v) is 4.59. The maximum Gasteiger partial charge on any atom is 0.416 e. The molecule has 0 N–H and O–H groups in total. The molecular weight excluding hydrogens is 349 g/mol. The number of alkyl halides is 3. The van der Waals surface area contributed by atoms with Gasteiger partial charge in [-0.15, -0.1) is 0 Å². The average molecular weight is 362 g/mol. The van der Waals surface area contributed by atoms with Crippen molar-refractivity contribution in [1.29, 1.82) is 0 Å². The summed E-state index contributed by atoms with van der Waals surface area (Å²) in [5.41, 5.74) is 0.813. The maximum absolute atomic E-state index is 12.7. The van der Waals surface area contributed by atoms with Crippen LogP contribution < -0.4 is 5.56 Å². The summed E-state index contributed by atoms with van der Waals surface area (Å²) in [4.78, 5) is 16.5. The third-order valence-electron chi connectivity index (χ3n) is 3.56. The Morgan fingerprint density at radius 2 is 1.76 bits per heavy atom. The molecule has 0 aliphatic rings. The van der Waals surface area contributed by atoms with Gasteiger partial charge in [-0.3, -0.25) is 4.79 Å². The Labute approximate surface area is 146 Å². The SMILES string of the molecule is Cn1cc(-c2cccnc2Sc2ccc(C(F)(F)F)cc2)ccc1=O. The second-order valence-corrected chi connectivity index (χ2v) is 6.41. The molecule has 0 radical (unpaired) electrons. The van der Waals surface area contributed by atoms with E-state index in [-0.39, 0.29) is 5.56 Å². The molecule has 0 bridgehead atoms. The number of benzene rings is 1. The van der Waals surface area contributed by atoms with E-state index in [0.717, 1.165) is 23.3 Å².